The highest BCUT2D eigenvalue weighted by Gasteiger charge is 2.18. The van der Waals surface area contributed by atoms with Crippen molar-refractivity contribution in [3.05, 3.63) is 41.7 Å². The fourth-order valence-corrected chi connectivity index (χ4v) is 2.55. The van der Waals surface area contributed by atoms with Gasteiger partial charge in [0.05, 0.1) is 0 Å². The number of hydrogen-bond donors (Lipinski definition) is 1. The molecule has 116 valence electrons. The second-order valence-corrected chi connectivity index (χ2v) is 6.40. The van der Waals surface area contributed by atoms with E-state index in [1.165, 1.54) is 37.4 Å². The minimum absolute atomic E-state index is 0.323. The van der Waals surface area contributed by atoms with Crippen LogP contribution in [0.15, 0.2) is 30.3 Å². The van der Waals surface area contributed by atoms with Gasteiger partial charge in [0, 0.05) is 19.7 Å². The molecule has 21 heavy (non-hydrogen) atoms. The molecule has 0 heterocycles. The van der Waals surface area contributed by atoms with Crippen molar-refractivity contribution in [2.45, 2.75) is 20.3 Å². The molecule has 0 fully saturated rings. The van der Waals surface area contributed by atoms with Crippen LogP contribution in [-0.4, -0.2) is 32.2 Å². The molecule has 5 nitrogen and oxygen atoms in total. The highest BCUT2D eigenvalue weighted by molar-refractivity contribution is 7.87. The van der Waals surface area contributed by atoms with Crippen LogP contribution in [0.2, 0.25) is 0 Å². The summed E-state index contributed by atoms with van der Waals surface area (Å²) in [6.45, 7) is 3.81. The van der Waals surface area contributed by atoms with Crippen molar-refractivity contribution in [1.29, 1.82) is 0 Å². The fourth-order valence-electron chi connectivity index (χ4n) is 1.66. The third-order valence-corrected chi connectivity index (χ3v) is 4.29. The van der Waals surface area contributed by atoms with Crippen molar-refractivity contribution >= 4 is 21.7 Å². The lowest BCUT2D eigenvalue weighted by atomic mass is 10.1. The summed E-state index contributed by atoms with van der Waals surface area (Å²) in [5.41, 5.74) is 1.19. The number of nitrogens with one attached hydrogen (secondary N) is 1. The second-order valence-electron chi connectivity index (χ2n) is 4.63. The van der Waals surface area contributed by atoms with E-state index < -0.39 is 16.1 Å². The van der Waals surface area contributed by atoms with Gasteiger partial charge in [-0.3, -0.25) is 4.79 Å². The van der Waals surface area contributed by atoms with Crippen LogP contribution in [0.3, 0.4) is 0 Å². The van der Waals surface area contributed by atoms with Crippen molar-refractivity contribution in [1.82, 2.24) is 9.03 Å². The van der Waals surface area contributed by atoms with E-state index in [0.717, 1.165) is 4.31 Å². The van der Waals surface area contributed by atoms with Crippen molar-refractivity contribution < 1.29 is 17.6 Å². The predicted molar refractivity (Wildman–Crippen MR) is 80.0 cm³/mol. The molecule has 0 aromatic heterocycles. The van der Waals surface area contributed by atoms with Crippen LogP contribution in [-0.2, 0) is 15.0 Å². The number of halogens is 1. The fraction of sp³-hybridized carbons (Fsp3) is 0.357. The van der Waals surface area contributed by atoms with Crippen LogP contribution in [0.4, 0.5) is 4.39 Å². The quantitative estimate of drug-likeness (QED) is 0.816. The Morgan fingerprint density at radius 3 is 2.43 bits per heavy atom. The largest absolute Gasteiger partial charge is 0.303 e. The molecule has 0 unspecified atom stereocenters. The van der Waals surface area contributed by atoms with E-state index in [0.29, 0.717) is 24.1 Å². The molecule has 0 aliphatic heterocycles. The lowest BCUT2D eigenvalue weighted by Crippen LogP contribution is -2.41. The lowest BCUT2D eigenvalue weighted by molar-refractivity contribution is -0.114. The Balaban J connectivity index is 2.80. The summed E-state index contributed by atoms with van der Waals surface area (Å²) in [6, 6.07) is 5.59. The van der Waals surface area contributed by atoms with Crippen LogP contribution in [0.5, 0.6) is 0 Å². The molecule has 0 aliphatic carbocycles. The maximum absolute atomic E-state index is 12.8. The van der Waals surface area contributed by atoms with Gasteiger partial charge >= 0.3 is 10.2 Å². The normalized spacial score (nSPS) is 12.5. The van der Waals surface area contributed by atoms with Crippen LogP contribution in [0, 0.1) is 5.82 Å². The minimum atomic E-state index is -3.83. The second kappa shape index (κ2) is 7.33. The average molecular weight is 314 g/mol. The van der Waals surface area contributed by atoms with Gasteiger partial charge in [-0.2, -0.15) is 12.7 Å². The van der Waals surface area contributed by atoms with Crippen LogP contribution in [0.25, 0.3) is 5.57 Å². The number of allylic oxidation sites excluding steroid dienone is 1. The number of carbonyl (C=O) groups excluding carboxylic acids is 1. The zero-order valence-corrected chi connectivity index (χ0v) is 13.1. The van der Waals surface area contributed by atoms with Gasteiger partial charge < -0.3 is 0 Å². The standard InChI is InChI=1S/C14H19FN2O3S/c1-4-9-17(3)21(19,20)16-14(18)10-11(2)12-5-7-13(15)8-6-12/h5-8,10H,4,9H2,1-3H3,(H,16,18)/b11-10+. The SMILES string of the molecule is CCCN(C)S(=O)(=O)NC(=O)/C=C(\C)c1ccc(F)cc1. The average Bonchev–Trinajstić information content (AvgIpc) is 2.38. The van der Waals surface area contributed by atoms with E-state index in [1.54, 1.807) is 6.92 Å². The van der Waals surface area contributed by atoms with Gasteiger partial charge in [0.1, 0.15) is 5.82 Å². The smallest absolute Gasteiger partial charge is 0.269 e. The molecular weight excluding hydrogens is 295 g/mol. The summed E-state index contributed by atoms with van der Waals surface area (Å²) in [4.78, 5) is 11.8. The van der Waals surface area contributed by atoms with Crippen LogP contribution < -0.4 is 4.72 Å². The number of carbonyl (C=O) groups is 1. The molecule has 0 spiro atoms. The molecule has 0 saturated carbocycles. The number of rotatable bonds is 6. The molecule has 0 radical (unpaired) electrons. The zero-order valence-electron chi connectivity index (χ0n) is 12.3. The predicted octanol–water partition coefficient (Wildman–Crippen LogP) is 1.93. The Hall–Kier alpha value is -1.73. The first-order valence-corrected chi connectivity index (χ1v) is 7.92. The van der Waals surface area contributed by atoms with Crippen molar-refractivity contribution in [2.75, 3.05) is 13.6 Å². The third-order valence-electron chi connectivity index (χ3n) is 2.83. The molecule has 1 aromatic carbocycles. The highest BCUT2D eigenvalue weighted by atomic mass is 32.2. The highest BCUT2D eigenvalue weighted by Crippen LogP contribution is 2.13. The first kappa shape index (κ1) is 17.3. The van der Waals surface area contributed by atoms with Crippen molar-refractivity contribution in [3.63, 3.8) is 0 Å². The van der Waals surface area contributed by atoms with E-state index in [-0.39, 0.29) is 5.82 Å². The lowest BCUT2D eigenvalue weighted by Gasteiger charge is -2.15. The Morgan fingerprint density at radius 2 is 1.90 bits per heavy atom. The molecule has 1 aromatic rings. The molecular formula is C14H19FN2O3S. The maximum Gasteiger partial charge on any atom is 0.303 e. The monoisotopic (exact) mass is 314 g/mol. The van der Waals surface area contributed by atoms with E-state index >= 15 is 0 Å². The molecule has 0 aliphatic rings. The van der Waals surface area contributed by atoms with Crippen LogP contribution in [0.1, 0.15) is 25.8 Å². The molecule has 1 rings (SSSR count). The molecule has 7 heteroatoms. The Labute approximate surface area is 124 Å². The van der Waals surface area contributed by atoms with Gasteiger partial charge in [-0.05, 0) is 36.6 Å². The molecule has 0 bridgehead atoms. The topological polar surface area (TPSA) is 66.5 Å². The van der Waals surface area contributed by atoms with Crippen molar-refractivity contribution in [3.8, 4) is 0 Å². The first-order valence-electron chi connectivity index (χ1n) is 6.48. The number of hydrogen-bond acceptors (Lipinski definition) is 3. The summed E-state index contributed by atoms with van der Waals surface area (Å²) in [5.74, 6) is -1.11. The van der Waals surface area contributed by atoms with Gasteiger partial charge in [0.15, 0.2) is 0 Å². The van der Waals surface area contributed by atoms with Crippen LogP contribution >= 0.6 is 0 Å². The summed E-state index contributed by atoms with van der Waals surface area (Å²) in [7, 11) is -2.43. The first-order chi connectivity index (χ1) is 9.76. The van der Waals surface area contributed by atoms with Gasteiger partial charge in [-0.15, -0.1) is 0 Å². The van der Waals surface area contributed by atoms with Gasteiger partial charge in [-0.1, -0.05) is 19.1 Å². The van der Waals surface area contributed by atoms with E-state index in [4.69, 9.17) is 0 Å². The molecule has 0 atom stereocenters. The number of nitrogens with zero attached hydrogens (tertiary/aromatic N) is 1. The summed E-state index contributed by atoms with van der Waals surface area (Å²) < 4.78 is 39.5. The Kier molecular flexibility index (Phi) is 6.04. The third kappa shape index (κ3) is 5.28. The van der Waals surface area contributed by atoms with Gasteiger partial charge in [0.25, 0.3) is 5.91 Å². The molecule has 1 amide bonds. The summed E-state index contributed by atoms with van der Waals surface area (Å²) in [5, 5.41) is 0. The zero-order chi connectivity index (χ0) is 16.0. The van der Waals surface area contributed by atoms with E-state index in [2.05, 4.69) is 0 Å². The van der Waals surface area contributed by atoms with Gasteiger partial charge in [-0.25, -0.2) is 9.11 Å². The minimum Gasteiger partial charge on any atom is -0.269 e. The maximum atomic E-state index is 12.8. The molecule has 1 N–H and O–H groups in total. The summed E-state index contributed by atoms with van der Waals surface area (Å²) in [6.07, 6.45) is 1.82. The van der Waals surface area contributed by atoms with Gasteiger partial charge in [0.2, 0.25) is 0 Å². The number of amides is 1. The summed E-state index contributed by atoms with van der Waals surface area (Å²) >= 11 is 0. The Bertz CT molecular complexity index is 624. The van der Waals surface area contributed by atoms with E-state index in [9.17, 15) is 17.6 Å². The molecule has 0 saturated heterocycles. The van der Waals surface area contributed by atoms with Crippen molar-refractivity contribution in [2.24, 2.45) is 0 Å². The van der Waals surface area contributed by atoms with E-state index in [1.807, 2.05) is 11.6 Å². The number of benzene rings is 1. The Morgan fingerprint density at radius 1 is 1.33 bits per heavy atom.